The summed E-state index contributed by atoms with van der Waals surface area (Å²) in [5, 5.41) is 7.00. The summed E-state index contributed by atoms with van der Waals surface area (Å²) in [7, 11) is 1.00. The number of ketones is 2. The second-order valence-corrected chi connectivity index (χ2v) is 7.56. The molecule has 3 heteroatoms. The largest absolute Gasteiger partial charge is 0.400 e. The first-order chi connectivity index (χ1) is 11.2. The molecule has 1 N–H and O–H groups in total. The molecule has 2 aliphatic carbocycles. The van der Waals surface area contributed by atoms with Gasteiger partial charge in [0.1, 0.15) is 11.6 Å². The second kappa shape index (κ2) is 9.93. The minimum absolute atomic E-state index is 0.225. The highest BCUT2D eigenvalue weighted by Crippen LogP contribution is 2.37. The van der Waals surface area contributed by atoms with Crippen molar-refractivity contribution in [2.45, 2.75) is 66.2 Å². The highest BCUT2D eigenvalue weighted by molar-refractivity contribution is 5.89. The maximum absolute atomic E-state index is 11.6. The first kappa shape index (κ1) is 22.8. The van der Waals surface area contributed by atoms with Gasteiger partial charge in [-0.1, -0.05) is 38.8 Å². The average Bonchev–Trinajstić information content (AvgIpc) is 2.60. The fourth-order valence-electron chi connectivity index (χ4n) is 3.59. The predicted octanol–water partition coefficient (Wildman–Crippen LogP) is 4.74. The Labute approximate surface area is 148 Å². The van der Waals surface area contributed by atoms with Crippen LogP contribution in [0.25, 0.3) is 0 Å². The van der Waals surface area contributed by atoms with Gasteiger partial charge in [0.25, 0.3) is 0 Å². The van der Waals surface area contributed by atoms with Crippen molar-refractivity contribution in [1.82, 2.24) is 0 Å². The molecule has 0 aliphatic heterocycles. The molecule has 3 nitrogen and oxygen atoms in total. The minimum atomic E-state index is -0.225. The van der Waals surface area contributed by atoms with Crippen molar-refractivity contribution < 1.29 is 14.7 Å². The quantitative estimate of drug-likeness (QED) is 0.741. The van der Waals surface area contributed by atoms with E-state index in [2.05, 4.69) is 13.2 Å². The van der Waals surface area contributed by atoms with Gasteiger partial charge in [-0.2, -0.15) is 0 Å². The third kappa shape index (κ3) is 5.41. The summed E-state index contributed by atoms with van der Waals surface area (Å²) >= 11 is 0. The van der Waals surface area contributed by atoms with Crippen molar-refractivity contribution in [3.05, 3.63) is 25.3 Å². The Kier molecular flexibility index (Phi) is 9.42. The molecule has 4 atom stereocenters. The molecule has 0 heterocycles. The van der Waals surface area contributed by atoms with Crippen LogP contribution in [0.4, 0.5) is 0 Å². The molecule has 138 valence electrons. The number of carbonyl (C=O) groups excluding carboxylic acids is 2. The zero-order valence-electron chi connectivity index (χ0n) is 16.2. The van der Waals surface area contributed by atoms with Gasteiger partial charge in [-0.3, -0.25) is 9.59 Å². The van der Waals surface area contributed by atoms with Gasteiger partial charge in [0.2, 0.25) is 0 Å². The maximum atomic E-state index is 11.6. The van der Waals surface area contributed by atoms with Gasteiger partial charge in [-0.05, 0) is 39.5 Å². The van der Waals surface area contributed by atoms with Gasteiger partial charge in [0.15, 0.2) is 0 Å². The van der Waals surface area contributed by atoms with Gasteiger partial charge in [0.05, 0.1) is 0 Å². The van der Waals surface area contributed by atoms with Crippen molar-refractivity contribution in [2.75, 3.05) is 7.11 Å². The molecule has 0 saturated heterocycles. The van der Waals surface area contributed by atoms with E-state index < -0.39 is 0 Å². The van der Waals surface area contributed by atoms with Gasteiger partial charge in [-0.15, -0.1) is 13.2 Å². The summed E-state index contributed by atoms with van der Waals surface area (Å²) in [6, 6.07) is 0. The summed E-state index contributed by atoms with van der Waals surface area (Å²) in [4.78, 5) is 23.2. The van der Waals surface area contributed by atoms with Crippen LogP contribution in [0, 0.1) is 22.7 Å². The van der Waals surface area contributed by atoms with E-state index in [1.165, 1.54) is 0 Å². The number of aliphatic hydroxyl groups excluding tert-OH is 1. The molecule has 2 aliphatic rings. The lowest BCUT2D eigenvalue weighted by Gasteiger charge is -2.32. The molecule has 0 aromatic carbocycles. The molecule has 0 unspecified atom stereocenters. The summed E-state index contributed by atoms with van der Waals surface area (Å²) in [6.45, 7) is 15.5. The molecule has 0 bridgehead atoms. The van der Waals surface area contributed by atoms with Crippen LogP contribution in [-0.2, 0) is 9.59 Å². The Balaban J connectivity index is 0.000000400. The highest BCUT2D eigenvalue weighted by atomic mass is 16.2. The topological polar surface area (TPSA) is 54.4 Å². The zero-order chi connectivity index (χ0) is 19.0. The normalized spacial score (nSPS) is 35.8. The lowest BCUT2D eigenvalue weighted by molar-refractivity contribution is -0.132. The Bertz CT molecular complexity index is 412. The van der Waals surface area contributed by atoms with E-state index in [1.54, 1.807) is 0 Å². The number of Topliss-reactive ketones (excluding diaryl/α,β-unsaturated/α-hetero) is 2. The van der Waals surface area contributed by atoms with Crippen molar-refractivity contribution in [2.24, 2.45) is 22.7 Å². The number of carbonyl (C=O) groups is 2. The molecule has 0 amide bonds. The molecule has 2 fully saturated rings. The van der Waals surface area contributed by atoms with Crippen LogP contribution in [0.3, 0.4) is 0 Å². The molecule has 0 radical (unpaired) electrons. The van der Waals surface area contributed by atoms with Gasteiger partial charge < -0.3 is 5.11 Å². The van der Waals surface area contributed by atoms with E-state index in [0.29, 0.717) is 11.6 Å². The fourth-order valence-corrected chi connectivity index (χ4v) is 3.59. The fraction of sp³-hybridized carbons (Fsp3) is 0.714. The summed E-state index contributed by atoms with van der Waals surface area (Å²) in [5.41, 5.74) is -0.449. The minimum Gasteiger partial charge on any atom is -0.400 e. The van der Waals surface area contributed by atoms with E-state index in [4.69, 9.17) is 5.11 Å². The maximum Gasteiger partial charge on any atom is 0.145 e. The Morgan fingerprint density at radius 2 is 1.17 bits per heavy atom. The molecular formula is C21H36O3. The van der Waals surface area contributed by atoms with Crippen LogP contribution in [0.5, 0.6) is 0 Å². The zero-order valence-corrected chi connectivity index (χ0v) is 16.2. The van der Waals surface area contributed by atoms with E-state index in [1.807, 2.05) is 39.8 Å². The first-order valence-electron chi connectivity index (χ1n) is 9.00. The number of hydrogen-bond acceptors (Lipinski definition) is 3. The molecule has 0 aromatic rings. The van der Waals surface area contributed by atoms with Crippen molar-refractivity contribution in [3.63, 3.8) is 0 Å². The molecule has 24 heavy (non-hydrogen) atoms. The van der Waals surface area contributed by atoms with Crippen LogP contribution in [0.1, 0.15) is 66.2 Å². The summed E-state index contributed by atoms with van der Waals surface area (Å²) < 4.78 is 0. The van der Waals surface area contributed by atoms with E-state index in [0.717, 1.165) is 45.6 Å². The van der Waals surface area contributed by atoms with Gasteiger partial charge in [0, 0.05) is 29.8 Å². The smallest absolute Gasteiger partial charge is 0.145 e. The third-order valence-corrected chi connectivity index (χ3v) is 5.59. The van der Waals surface area contributed by atoms with Gasteiger partial charge in [-0.25, -0.2) is 0 Å². The van der Waals surface area contributed by atoms with Crippen LogP contribution >= 0.6 is 0 Å². The van der Waals surface area contributed by atoms with Crippen molar-refractivity contribution in [1.29, 1.82) is 0 Å². The number of aliphatic hydroxyl groups is 1. The monoisotopic (exact) mass is 336 g/mol. The van der Waals surface area contributed by atoms with E-state index >= 15 is 0 Å². The summed E-state index contributed by atoms with van der Waals surface area (Å²) in [6.07, 6.45) is 10.0. The molecule has 2 rings (SSSR count). The standard InChI is InChI=1S/2C10H16O.CH4O/c2*1-4-10(3)7-5-6-8(2)9(10)11;1-2/h2*4,8H,1,5-7H2,2-3H3;2H,1H3/t8-,10+;8-,10-;/m11./s1. The second-order valence-electron chi connectivity index (χ2n) is 7.56. The lowest BCUT2D eigenvalue weighted by atomic mass is 9.70. The van der Waals surface area contributed by atoms with E-state index in [-0.39, 0.29) is 22.7 Å². The average molecular weight is 337 g/mol. The van der Waals surface area contributed by atoms with Crippen LogP contribution in [0.2, 0.25) is 0 Å². The number of hydrogen-bond donors (Lipinski definition) is 1. The highest BCUT2D eigenvalue weighted by Gasteiger charge is 2.36. The Hall–Kier alpha value is -1.22. The van der Waals surface area contributed by atoms with Crippen LogP contribution in [-0.4, -0.2) is 23.8 Å². The molecule has 0 aromatic heterocycles. The number of allylic oxidation sites excluding steroid dienone is 2. The third-order valence-electron chi connectivity index (χ3n) is 5.59. The predicted molar refractivity (Wildman–Crippen MR) is 101 cm³/mol. The Morgan fingerprint density at radius 1 is 0.875 bits per heavy atom. The molecule has 0 spiro atoms. The summed E-state index contributed by atoms with van der Waals surface area (Å²) in [5.74, 6) is 1.23. The molecular weight excluding hydrogens is 300 g/mol. The van der Waals surface area contributed by atoms with Crippen LogP contribution in [0.15, 0.2) is 25.3 Å². The lowest BCUT2D eigenvalue weighted by Crippen LogP contribution is -2.34. The van der Waals surface area contributed by atoms with Gasteiger partial charge >= 0.3 is 0 Å². The van der Waals surface area contributed by atoms with Crippen LogP contribution < -0.4 is 0 Å². The van der Waals surface area contributed by atoms with Crippen molar-refractivity contribution >= 4 is 11.6 Å². The molecule has 2 saturated carbocycles. The first-order valence-corrected chi connectivity index (χ1v) is 9.00. The van der Waals surface area contributed by atoms with Crippen molar-refractivity contribution in [3.8, 4) is 0 Å². The van der Waals surface area contributed by atoms with E-state index in [9.17, 15) is 9.59 Å². The number of rotatable bonds is 2. The Morgan fingerprint density at radius 3 is 1.38 bits per heavy atom. The SMILES string of the molecule is C=C[C@@]1(C)CCC[C@@H](C)C1=O.C=C[C@]1(C)CCC[C@@H](C)C1=O.CO.